The van der Waals surface area contributed by atoms with E-state index < -0.39 is 22.7 Å². The first-order valence-corrected chi connectivity index (χ1v) is 14.7. The average molecular weight is 526 g/mol. The second-order valence-electron chi connectivity index (χ2n) is 13.3. The molecular weight excluding hydrogens is 482 g/mol. The van der Waals surface area contributed by atoms with Gasteiger partial charge in [0.1, 0.15) is 12.4 Å². The zero-order valence-electron chi connectivity index (χ0n) is 22.8. The van der Waals surface area contributed by atoms with Crippen LogP contribution in [0.5, 0.6) is 0 Å². The van der Waals surface area contributed by atoms with E-state index >= 15 is 0 Å². The number of carbonyl (C=O) groups excluding carboxylic acids is 1. The Morgan fingerprint density at radius 3 is 2.68 bits per heavy atom. The first-order chi connectivity index (χ1) is 18.1. The van der Waals surface area contributed by atoms with Gasteiger partial charge in [0.15, 0.2) is 0 Å². The highest BCUT2D eigenvalue weighted by atomic mass is 16.5. The fourth-order valence-corrected chi connectivity index (χ4v) is 9.50. The van der Waals surface area contributed by atoms with Gasteiger partial charge in [-0.3, -0.25) is 4.99 Å². The molecule has 5 aliphatic rings. The van der Waals surface area contributed by atoms with Crippen molar-refractivity contribution in [2.75, 3.05) is 6.61 Å². The monoisotopic (exact) mass is 525 g/mol. The molecule has 1 aromatic heterocycles. The summed E-state index contributed by atoms with van der Waals surface area (Å²) in [5, 5.41) is 35.3. The molecule has 0 aromatic carbocycles. The number of esters is 1. The van der Waals surface area contributed by atoms with Gasteiger partial charge in [-0.15, -0.1) is 0 Å². The van der Waals surface area contributed by atoms with E-state index in [-0.39, 0.29) is 35.2 Å². The van der Waals surface area contributed by atoms with Crippen molar-refractivity contribution in [2.45, 2.75) is 108 Å². The quantitative estimate of drug-likeness (QED) is 0.375. The van der Waals surface area contributed by atoms with E-state index in [0.717, 1.165) is 49.9 Å². The summed E-state index contributed by atoms with van der Waals surface area (Å²) in [6.07, 6.45) is 12.9. The predicted molar refractivity (Wildman–Crippen MR) is 142 cm³/mol. The van der Waals surface area contributed by atoms with Crippen molar-refractivity contribution in [3.8, 4) is 0 Å². The lowest BCUT2D eigenvalue weighted by atomic mass is 9.41. The molecule has 7 heteroatoms. The van der Waals surface area contributed by atoms with Crippen LogP contribution >= 0.6 is 0 Å². The predicted octanol–water partition coefficient (Wildman–Crippen LogP) is 4.38. The fourth-order valence-electron chi connectivity index (χ4n) is 9.50. The zero-order chi connectivity index (χ0) is 26.8. The SMILES string of the molecule is C[C@H](CCc1ccco1)N=C[C@]12CC[C@H](O)C[C@@]1(O)CC[C@@H]1[C@@H]2CC[C@]2(C)[C@@H](C3=CC(=O)OC3)CC[C@]12O. The summed E-state index contributed by atoms with van der Waals surface area (Å²) in [6, 6.07) is 3.96. The number of furan rings is 1. The molecule has 4 fully saturated rings. The van der Waals surface area contributed by atoms with E-state index in [2.05, 4.69) is 20.1 Å². The molecule has 208 valence electrons. The maximum atomic E-state index is 12.5. The number of cyclic esters (lactones) is 1. The molecule has 1 aliphatic heterocycles. The second kappa shape index (κ2) is 9.31. The molecule has 1 aromatic rings. The summed E-state index contributed by atoms with van der Waals surface area (Å²) < 4.78 is 10.8. The van der Waals surface area contributed by atoms with Gasteiger partial charge >= 0.3 is 5.97 Å². The van der Waals surface area contributed by atoms with Crippen molar-refractivity contribution >= 4 is 12.2 Å². The average Bonchev–Trinajstić information content (AvgIpc) is 3.61. The number of aliphatic imine (C=N–C) groups is 1. The van der Waals surface area contributed by atoms with Crippen LogP contribution in [0, 0.1) is 28.6 Å². The van der Waals surface area contributed by atoms with Gasteiger partial charge in [0.2, 0.25) is 0 Å². The van der Waals surface area contributed by atoms with Crippen LogP contribution < -0.4 is 0 Å². The van der Waals surface area contributed by atoms with E-state index in [4.69, 9.17) is 14.1 Å². The van der Waals surface area contributed by atoms with Crippen LogP contribution in [0.4, 0.5) is 0 Å². The number of aryl methyl sites for hydroxylation is 1. The van der Waals surface area contributed by atoms with E-state index in [1.165, 1.54) is 0 Å². The van der Waals surface area contributed by atoms with Gasteiger partial charge in [-0.05, 0) is 100 Å². The van der Waals surface area contributed by atoms with Gasteiger partial charge < -0.3 is 24.5 Å². The van der Waals surface area contributed by atoms with E-state index in [1.54, 1.807) is 12.3 Å². The molecule has 4 saturated carbocycles. The van der Waals surface area contributed by atoms with Crippen molar-refractivity contribution in [3.63, 3.8) is 0 Å². The molecule has 0 unspecified atom stereocenters. The van der Waals surface area contributed by atoms with Crippen LogP contribution in [0.2, 0.25) is 0 Å². The van der Waals surface area contributed by atoms with Gasteiger partial charge in [-0.1, -0.05) is 6.92 Å². The lowest BCUT2D eigenvalue weighted by Gasteiger charge is -2.65. The van der Waals surface area contributed by atoms with Gasteiger partial charge in [0.25, 0.3) is 0 Å². The minimum Gasteiger partial charge on any atom is -0.469 e. The number of hydrogen-bond acceptors (Lipinski definition) is 7. The summed E-state index contributed by atoms with van der Waals surface area (Å²) in [4.78, 5) is 16.9. The van der Waals surface area contributed by atoms with Crippen molar-refractivity contribution in [1.82, 2.24) is 0 Å². The molecule has 0 bridgehead atoms. The Balaban J connectivity index is 1.30. The summed E-state index contributed by atoms with van der Waals surface area (Å²) in [5.41, 5.74) is -1.74. The number of rotatable bonds is 6. The van der Waals surface area contributed by atoms with Crippen molar-refractivity contribution in [2.24, 2.45) is 33.6 Å². The molecule has 6 rings (SSSR count). The lowest BCUT2D eigenvalue weighted by molar-refractivity contribution is -0.237. The van der Waals surface area contributed by atoms with E-state index in [9.17, 15) is 20.1 Å². The Hall–Kier alpha value is -1.96. The Kier molecular flexibility index (Phi) is 6.44. The highest BCUT2D eigenvalue weighted by molar-refractivity contribution is 5.85. The maximum absolute atomic E-state index is 12.5. The maximum Gasteiger partial charge on any atom is 0.331 e. The van der Waals surface area contributed by atoms with E-state index in [1.807, 2.05) is 12.1 Å². The number of aliphatic hydroxyl groups is 3. The Morgan fingerprint density at radius 1 is 1.13 bits per heavy atom. The highest BCUT2D eigenvalue weighted by Crippen LogP contribution is 2.70. The summed E-state index contributed by atoms with van der Waals surface area (Å²) in [5.74, 6) is 0.967. The summed E-state index contributed by atoms with van der Waals surface area (Å²) in [7, 11) is 0. The van der Waals surface area contributed by atoms with E-state index in [0.29, 0.717) is 38.7 Å². The van der Waals surface area contributed by atoms with Crippen LogP contribution in [0.15, 0.2) is 39.5 Å². The standard InChI is InChI=1S/C31H43NO6/c1-20(5-6-23-4-3-15-37-23)32-19-29-12-7-22(33)17-30(29,35)13-9-26-25(29)8-11-28(2)24(10-14-31(26,28)36)21-16-27(34)38-18-21/h3-4,15-16,19-20,22,24-26,33,35-36H,5-14,17-18H2,1-2H3/t20-,22+,24-,25+,26-,28-,29+,30+,31+/m1/s1. The Bertz CT molecular complexity index is 1110. The molecule has 0 amide bonds. The molecule has 38 heavy (non-hydrogen) atoms. The van der Waals surface area contributed by atoms with Gasteiger partial charge in [-0.25, -0.2) is 4.79 Å². The third kappa shape index (κ3) is 3.87. The van der Waals surface area contributed by atoms with Crippen molar-refractivity contribution in [1.29, 1.82) is 0 Å². The highest BCUT2D eigenvalue weighted by Gasteiger charge is 2.71. The molecular formula is C31H43NO6. The summed E-state index contributed by atoms with van der Waals surface area (Å²) >= 11 is 0. The Labute approximate surface area is 225 Å². The van der Waals surface area contributed by atoms with Gasteiger partial charge in [0.05, 0.1) is 23.6 Å². The van der Waals surface area contributed by atoms with Crippen molar-refractivity contribution < 1.29 is 29.3 Å². The zero-order valence-corrected chi connectivity index (χ0v) is 22.8. The fraction of sp³-hybridized carbons (Fsp3) is 0.742. The third-order valence-corrected chi connectivity index (χ3v) is 11.6. The first kappa shape index (κ1) is 26.3. The molecule has 9 atom stereocenters. The molecule has 4 aliphatic carbocycles. The Morgan fingerprint density at radius 2 is 1.95 bits per heavy atom. The second-order valence-corrected chi connectivity index (χ2v) is 13.3. The number of fused-ring (bicyclic) bond motifs is 5. The number of aliphatic hydroxyl groups excluding tert-OH is 1. The minimum atomic E-state index is -1.02. The van der Waals surface area contributed by atoms with Crippen LogP contribution in [0.25, 0.3) is 0 Å². The van der Waals surface area contributed by atoms with Crippen LogP contribution in [-0.2, 0) is 16.0 Å². The lowest BCUT2D eigenvalue weighted by Crippen LogP contribution is -2.68. The van der Waals surface area contributed by atoms with Crippen LogP contribution in [-0.4, -0.2) is 57.5 Å². The minimum absolute atomic E-state index is 0.0465. The topological polar surface area (TPSA) is 112 Å². The third-order valence-electron chi connectivity index (χ3n) is 11.6. The number of carbonyl (C=O) groups is 1. The molecule has 0 radical (unpaired) electrons. The number of hydrogen-bond donors (Lipinski definition) is 3. The van der Waals surface area contributed by atoms with Gasteiger partial charge in [0, 0.05) is 42.0 Å². The molecule has 0 saturated heterocycles. The smallest absolute Gasteiger partial charge is 0.331 e. The molecule has 7 nitrogen and oxygen atoms in total. The first-order valence-electron chi connectivity index (χ1n) is 14.7. The molecule has 2 heterocycles. The largest absolute Gasteiger partial charge is 0.469 e. The van der Waals surface area contributed by atoms with Crippen molar-refractivity contribution in [3.05, 3.63) is 35.8 Å². The van der Waals surface area contributed by atoms with Crippen LogP contribution in [0.1, 0.15) is 83.8 Å². The molecule has 3 N–H and O–H groups in total. The normalized spacial score (nSPS) is 45.3. The van der Waals surface area contributed by atoms with Gasteiger partial charge in [-0.2, -0.15) is 0 Å². The number of nitrogens with zero attached hydrogens (tertiary/aromatic N) is 1. The number of ether oxygens (including phenoxy) is 1. The summed E-state index contributed by atoms with van der Waals surface area (Å²) in [6.45, 7) is 4.67. The molecule has 0 spiro atoms. The van der Waals surface area contributed by atoms with Crippen LogP contribution in [0.3, 0.4) is 0 Å².